The van der Waals surface area contributed by atoms with Crippen molar-refractivity contribution in [3.63, 3.8) is 0 Å². The Bertz CT molecular complexity index is 1420. The molecule has 2 aromatic heterocycles. The molecule has 0 bridgehead atoms. The minimum absolute atomic E-state index is 0.136. The molecule has 0 amide bonds. The topological polar surface area (TPSA) is 0 Å². The molecule has 3 aromatic carbocycles. The zero-order valence-electron chi connectivity index (χ0n) is 15.3. The van der Waals surface area contributed by atoms with Crippen LogP contribution in [0.25, 0.3) is 43.8 Å². The van der Waals surface area contributed by atoms with Gasteiger partial charge in [-0.1, -0.05) is 0 Å². The van der Waals surface area contributed by atoms with Crippen LogP contribution in [0.5, 0.6) is 0 Å². The van der Waals surface area contributed by atoms with E-state index in [0.29, 0.717) is 0 Å². The van der Waals surface area contributed by atoms with Crippen LogP contribution < -0.4 is 0 Å². The standard InChI is InChI=1S/C22H6F8S2/c23-15-11-9(7-1-3-31-5-7)10(8-2-4-32-6-8)12-14(13(11)17(25)21(29)19(15)27)18(26)22(30)20(28)16(12)24/h1-6H. The Kier molecular flexibility index (Phi) is 4.75. The van der Waals surface area contributed by atoms with E-state index in [-0.39, 0.29) is 22.3 Å². The highest BCUT2D eigenvalue weighted by molar-refractivity contribution is 7.08. The van der Waals surface area contributed by atoms with Gasteiger partial charge in [0.05, 0.1) is 0 Å². The SMILES string of the molecule is Fc1c(F)c(F)c2c(c1F)c(-c1ccsc1)c(-c1ccsc1)c1c(F)c(F)c(F)c(F)c12. The van der Waals surface area contributed by atoms with Crippen LogP contribution in [0.4, 0.5) is 35.1 Å². The number of thiophene rings is 2. The molecule has 0 radical (unpaired) electrons. The smallest absolute Gasteiger partial charge is 0.198 e. The van der Waals surface area contributed by atoms with Crippen molar-refractivity contribution in [2.75, 3.05) is 0 Å². The summed E-state index contributed by atoms with van der Waals surface area (Å²) in [5.41, 5.74) is -0.354. The summed E-state index contributed by atoms with van der Waals surface area (Å²) in [6.45, 7) is 0. The van der Waals surface area contributed by atoms with E-state index in [9.17, 15) is 26.3 Å². The third-order valence-electron chi connectivity index (χ3n) is 5.15. The first-order valence-electron chi connectivity index (χ1n) is 8.78. The van der Waals surface area contributed by atoms with Gasteiger partial charge in [-0.05, 0) is 44.8 Å². The average molecular weight is 486 g/mol. The van der Waals surface area contributed by atoms with Crippen molar-refractivity contribution >= 4 is 44.2 Å². The van der Waals surface area contributed by atoms with Crippen LogP contribution in [-0.4, -0.2) is 0 Å². The Hall–Kier alpha value is -2.98. The normalized spacial score (nSPS) is 11.8. The van der Waals surface area contributed by atoms with Crippen molar-refractivity contribution in [3.8, 4) is 22.3 Å². The van der Waals surface area contributed by atoms with Gasteiger partial charge in [-0.25, -0.2) is 35.1 Å². The second-order valence-corrected chi connectivity index (χ2v) is 8.35. The monoisotopic (exact) mass is 486 g/mol. The van der Waals surface area contributed by atoms with Crippen molar-refractivity contribution in [1.29, 1.82) is 0 Å². The third kappa shape index (κ3) is 2.65. The highest BCUT2D eigenvalue weighted by Gasteiger charge is 2.33. The van der Waals surface area contributed by atoms with Crippen LogP contribution >= 0.6 is 22.7 Å². The van der Waals surface area contributed by atoms with E-state index >= 15 is 8.78 Å². The maximum absolute atomic E-state index is 15.1. The van der Waals surface area contributed by atoms with E-state index in [0.717, 1.165) is 22.7 Å². The molecule has 0 spiro atoms. The molecule has 0 fully saturated rings. The molecule has 32 heavy (non-hydrogen) atoms. The lowest BCUT2D eigenvalue weighted by Crippen LogP contribution is -2.06. The molecular formula is C22H6F8S2. The van der Waals surface area contributed by atoms with Crippen LogP contribution in [0.1, 0.15) is 0 Å². The molecule has 0 atom stereocenters. The van der Waals surface area contributed by atoms with Gasteiger partial charge in [0.15, 0.2) is 46.5 Å². The first kappa shape index (κ1) is 20.9. The first-order chi connectivity index (χ1) is 15.3. The summed E-state index contributed by atoms with van der Waals surface area (Å²) in [5, 5.41) is 1.62. The minimum atomic E-state index is -2.29. The van der Waals surface area contributed by atoms with E-state index in [1.54, 1.807) is 0 Å². The van der Waals surface area contributed by atoms with Crippen molar-refractivity contribution in [2.45, 2.75) is 0 Å². The van der Waals surface area contributed by atoms with E-state index in [1.807, 2.05) is 0 Å². The van der Waals surface area contributed by atoms with Gasteiger partial charge in [-0.2, -0.15) is 22.7 Å². The fraction of sp³-hybridized carbons (Fsp3) is 0. The third-order valence-corrected chi connectivity index (χ3v) is 6.52. The molecule has 0 aliphatic rings. The number of rotatable bonds is 2. The van der Waals surface area contributed by atoms with Crippen molar-refractivity contribution in [3.05, 3.63) is 80.2 Å². The van der Waals surface area contributed by atoms with Crippen molar-refractivity contribution in [1.82, 2.24) is 0 Å². The van der Waals surface area contributed by atoms with Gasteiger partial charge in [-0.3, -0.25) is 0 Å². The maximum atomic E-state index is 15.1. The van der Waals surface area contributed by atoms with Crippen molar-refractivity contribution in [2.24, 2.45) is 0 Å². The lowest BCUT2D eigenvalue weighted by atomic mass is 9.85. The molecule has 10 heteroatoms. The summed E-state index contributed by atoms with van der Waals surface area (Å²) in [6, 6.07) is 2.82. The molecule has 0 N–H and O–H groups in total. The molecule has 5 rings (SSSR count). The summed E-state index contributed by atoms with van der Waals surface area (Å²) in [7, 11) is 0. The number of hydrogen-bond donors (Lipinski definition) is 0. The van der Waals surface area contributed by atoms with Crippen LogP contribution in [0.15, 0.2) is 33.7 Å². The molecule has 0 saturated heterocycles. The highest BCUT2D eigenvalue weighted by atomic mass is 32.1. The minimum Gasteiger partial charge on any atom is -0.203 e. The number of halogens is 8. The molecule has 0 aliphatic carbocycles. The Morgan fingerprint density at radius 3 is 1.00 bits per heavy atom. The zero-order valence-corrected chi connectivity index (χ0v) is 16.9. The Morgan fingerprint density at radius 1 is 0.406 bits per heavy atom. The van der Waals surface area contributed by atoms with Gasteiger partial charge in [-0.15, -0.1) is 0 Å². The Balaban J connectivity index is 2.27. The number of hydrogen-bond acceptors (Lipinski definition) is 2. The predicted octanol–water partition coefficient (Wildman–Crippen LogP) is 8.56. The first-order valence-corrected chi connectivity index (χ1v) is 10.7. The molecule has 0 unspecified atom stereocenters. The predicted molar refractivity (Wildman–Crippen MR) is 108 cm³/mol. The second-order valence-electron chi connectivity index (χ2n) is 6.79. The number of fused-ring (bicyclic) bond motifs is 3. The quantitative estimate of drug-likeness (QED) is 0.102. The summed E-state index contributed by atoms with van der Waals surface area (Å²) in [5.74, 6) is -16.8. The lowest BCUT2D eigenvalue weighted by molar-refractivity contribution is 0.415. The molecule has 5 aromatic rings. The van der Waals surface area contributed by atoms with Crippen LogP contribution in [0.3, 0.4) is 0 Å². The van der Waals surface area contributed by atoms with E-state index in [1.165, 1.54) is 33.7 Å². The maximum Gasteiger partial charge on any atom is 0.198 e. The number of benzene rings is 3. The fourth-order valence-corrected chi connectivity index (χ4v) is 5.14. The average Bonchev–Trinajstić information content (AvgIpc) is 3.51. The van der Waals surface area contributed by atoms with Crippen molar-refractivity contribution < 1.29 is 35.1 Å². The molecule has 0 aliphatic heterocycles. The van der Waals surface area contributed by atoms with E-state index in [4.69, 9.17) is 0 Å². The summed E-state index contributed by atoms with van der Waals surface area (Å²) >= 11 is 2.20. The van der Waals surface area contributed by atoms with Gasteiger partial charge in [0.1, 0.15) is 0 Å². The summed E-state index contributed by atoms with van der Waals surface area (Å²) in [4.78, 5) is 0. The Morgan fingerprint density at radius 2 is 0.719 bits per heavy atom. The highest BCUT2D eigenvalue weighted by Crippen LogP contribution is 2.49. The van der Waals surface area contributed by atoms with Gasteiger partial charge >= 0.3 is 0 Å². The van der Waals surface area contributed by atoms with Crippen LogP contribution in [0, 0.1) is 46.5 Å². The molecule has 0 saturated carbocycles. The van der Waals surface area contributed by atoms with Crippen LogP contribution in [0.2, 0.25) is 0 Å². The second kappa shape index (κ2) is 7.28. The van der Waals surface area contributed by atoms with Gasteiger partial charge in [0.2, 0.25) is 0 Å². The lowest BCUT2D eigenvalue weighted by Gasteiger charge is -2.19. The molecule has 2 heterocycles. The van der Waals surface area contributed by atoms with E-state index in [2.05, 4.69) is 0 Å². The van der Waals surface area contributed by atoms with E-state index < -0.39 is 68.1 Å². The zero-order chi connectivity index (χ0) is 22.9. The Labute approximate surface area is 182 Å². The molecular weight excluding hydrogens is 480 g/mol. The molecule has 162 valence electrons. The fourth-order valence-electron chi connectivity index (χ4n) is 3.84. The van der Waals surface area contributed by atoms with Gasteiger partial charge in [0.25, 0.3) is 0 Å². The van der Waals surface area contributed by atoms with Gasteiger partial charge < -0.3 is 0 Å². The largest absolute Gasteiger partial charge is 0.203 e. The summed E-state index contributed by atoms with van der Waals surface area (Å²) in [6.07, 6.45) is 0. The van der Waals surface area contributed by atoms with Crippen LogP contribution in [-0.2, 0) is 0 Å². The summed E-state index contributed by atoms with van der Waals surface area (Å²) < 4.78 is 117. The molecule has 0 nitrogen and oxygen atoms in total. The van der Waals surface area contributed by atoms with Gasteiger partial charge in [0, 0.05) is 32.7 Å².